The summed E-state index contributed by atoms with van der Waals surface area (Å²) in [6, 6.07) is 7.08. The number of thiazole rings is 1. The smallest absolute Gasteiger partial charge is 0.265 e. The SMILES string of the molecule is NC(=O)c1cc(-c2csc(NC(=O)Cc3ccc4c(c3)OCCO4)n2)c[nH]1. The molecule has 0 fully saturated rings. The van der Waals surface area contributed by atoms with E-state index in [-0.39, 0.29) is 12.3 Å². The molecule has 3 heterocycles. The summed E-state index contributed by atoms with van der Waals surface area (Å²) in [4.78, 5) is 30.6. The first-order valence-corrected chi connectivity index (χ1v) is 9.09. The van der Waals surface area contributed by atoms with E-state index in [0.717, 1.165) is 11.1 Å². The third-order valence-electron chi connectivity index (χ3n) is 3.97. The molecule has 0 saturated carbocycles. The molecular weight excluding hydrogens is 368 g/mol. The number of benzene rings is 1. The zero-order valence-electron chi connectivity index (χ0n) is 14.2. The highest BCUT2D eigenvalue weighted by molar-refractivity contribution is 7.14. The van der Waals surface area contributed by atoms with Gasteiger partial charge in [0.1, 0.15) is 18.9 Å². The van der Waals surface area contributed by atoms with Gasteiger partial charge in [-0.3, -0.25) is 9.59 Å². The van der Waals surface area contributed by atoms with Crippen molar-refractivity contribution < 1.29 is 19.1 Å². The van der Waals surface area contributed by atoms with Crippen LogP contribution in [0.25, 0.3) is 11.3 Å². The van der Waals surface area contributed by atoms with Crippen molar-refractivity contribution >= 4 is 28.3 Å². The number of primary amides is 1. The van der Waals surface area contributed by atoms with Gasteiger partial charge in [0, 0.05) is 17.1 Å². The minimum Gasteiger partial charge on any atom is -0.486 e. The number of rotatable bonds is 5. The first-order chi connectivity index (χ1) is 13.1. The molecular formula is C18H16N4O4S. The fourth-order valence-corrected chi connectivity index (χ4v) is 3.43. The maximum Gasteiger partial charge on any atom is 0.265 e. The number of nitrogens with zero attached hydrogens (tertiary/aromatic N) is 1. The molecule has 3 aromatic rings. The van der Waals surface area contributed by atoms with Crippen LogP contribution in [0.2, 0.25) is 0 Å². The molecule has 0 aliphatic carbocycles. The fourth-order valence-electron chi connectivity index (χ4n) is 2.69. The number of hydrogen-bond acceptors (Lipinski definition) is 6. The molecule has 8 nitrogen and oxygen atoms in total. The molecule has 9 heteroatoms. The van der Waals surface area contributed by atoms with Gasteiger partial charge < -0.3 is 25.5 Å². The predicted molar refractivity (Wildman–Crippen MR) is 100 cm³/mol. The average Bonchev–Trinajstić information content (AvgIpc) is 3.31. The van der Waals surface area contributed by atoms with Crippen LogP contribution in [0.1, 0.15) is 16.1 Å². The number of amides is 2. The van der Waals surface area contributed by atoms with Crippen molar-refractivity contribution in [3.63, 3.8) is 0 Å². The third-order valence-corrected chi connectivity index (χ3v) is 4.72. The molecule has 1 aliphatic heterocycles. The van der Waals surface area contributed by atoms with Crippen LogP contribution in [0.15, 0.2) is 35.8 Å². The Morgan fingerprint density at radius 2 is 2.04 bits per heavy atom. The van der Waals surface area contributed by atoms with Crippen molar-refractivity contribution in [1.29, 1.82) is 0 Å². The van der Waals surface area contributed by atoms with E-state index in [4.69, 9.17) is 15.2 Å². The van der Waals surface area contributed by atoms with Gasteiger partial charge in [0.05, 0.1) is 12.1 Å². The van der Waals surface area contributed by atoms with E-state index < -0.39 is 5.91 Å². The number of nitrogens with two attached hydrogens (primary N) is 1. The molecule has 138 valence electrons. The lowest BCUT2D eigenvalue weighted by Gasteiger charge is -2.18. The van der Waals surface area contributed by atoms with Crippen LogP contribution in [0.4, 0.5) is 5.13 Å². The number of aromatic amines is 1. The quantitative estimate of drug-likeness (QED) is 0.623. The number of anilines is 1. The van der Waals surface area contributed by atoms with Crippen LogP contribution in [-0.4, -0.2) is 35.0 Å². The van der Waals surface area contributed by atoms with Gasteiger partial charge in [0.2, 0.25) is 5.91 Å². The summed E-state index contributed by atoms with van der Waals surface area (Å²) in [6.45, 7) is 1.03. The Labute approximate surface area is 158 Å². The van der Waals surface area contributed by atoms with Crippen LogP contribution in [-0.2, 0) is 11.2 Å². The van der Waals surface area contributed by atoms with E-state index >= 15 is 0 Å². The van der Waals surface area contributed by atoms with Crippen LogP contribution < -0.4 is 20.5 Å². The van der Waals surface area contributed by atoms with E-state index in [0.29, 0.717) is 41.2 Å². The normalized spacial score (nSPS) is 12.6. The lowest BCUT2D eigenvalue weighted by atomic mass is 10.1. The maximum atomic E-state index is 12.3. The summed E-state index contributed by atoms with van der Waals surface area (Å²) >= 11 is 1.31. The predicted octanol–water partition coefficient (Wildman–Crippen LogP) is 2.19. The molecule has 4 N–H and O–H groups in total. The van der Waals surface area contributed by atoms with Gasteiger partial charge in [0.15, 0.2) is 16.6 Å². The highest BCUT2D eigenvalue weighted by atomic mass is 32.1. The molecule has 1 aliphatic rings. The summed E-state index contributed by atoms with van der Waals surface area (Å²) in [7, 11) is 0. The topological polar surface area (TPSA) is 119 Å². The van der Waals surface area contributed by atoms with Crippen LogP contribution >= 0.6 is 11.3 Å². The van der Waals surface area contributed by atoms with Crippen molar-refractivity contribution in [2.75, 3.05) is 18.5 Å². The van der Waals surface area contributed by atoms with Gasteiger partial charge in [-0.15, -0.1) is 11.3 Å². The minimum absolute atomic E-state index is 0.181. The first-order valence-electron chi connectivity index (χ1n) is 8.21. The second-order valence-electron chi connectivity index (χ2n) is 5.91. The Bertz CT molecular complexity index is 1010. The van der Waals surface area contributed by atoms with Crippen molar-refractivity contribution in [2.45, 2.75) is 6.42 Å². The van der Waals surface area contributed by atoms with Gasteiger partial charge in [-0.2, -0.15) is 0 Å². The first kappa shape index (κ1) is 17.1. The van der Waals surface area contributed by atoms with E-state index in [1.54, 1.807) is 23.7 Å². The Balaban J connectivity index is 1.41. The minimum atomic E-state index is -0.538. The number of hydrogen-bond donors (Lipinski definition) is 3. The maximum absolute atomic E-state index is 12.3. The molecule has 0 atom stereocenters. The summed E-state index contributed by atoms with van der Waals surface area (Å²) in [5.41, 5.74) is 7.74. The third kappa shape index (κ3) is 3.77. The van der Waals surface area contributed by atoms with Gasteiger partial charge >= 0.3 is 0 Å². The van der Waals surface area contributed by atoms with Crippen LogP contribution in [0.5, 0.6) is 11.5 Å². The van der Waals surface area contributed by atoms with Crippen molar-refractivity contribution in [3.05, 3.63) is 47.1 Å². The number of nitrogens with one attached hydrogen (secondary N) is 2. The summed E-state index contributed by atoms with van der Waals surface area (Å²) < 4.78 is 11.0. The zero-order chi connectivity index (χ0) is 18.8. The Morgan fingerprint density at radius 1 is 1.22 bits per heavy atom. The van der Waals surface area contributed by atoms with Crippen molar-refractivity contribution in [2.24, 2.45) is 5.73 Å². The molecule has 0 saturated heterocycles. The van der Waals surface area contributed by atoms with Gasteiger partial charge in [-0.05, 0) is 23.8 Å². The summed E-state index contributed by atoms with van der Waals surface area (Å²) in [5, 5.41) is 5.06. The highest BCUT2D eigenvalue weighted by Crippen LogP contribution is 2.31. The molecule has 0 radical (unpaired) electrons. The van der Waals surface area contributed by atoms with Crippen LogP contribution in [0, 0.1) is 0 Å². The second-order valence-corrected chi connectivity index (χ2v) is 6.77. The van der Waals surface area contributed by atoms with E-state index in [1.165, 1.54) is 11.3 Å². The lowest BCUT2D eigenvalue weighted by Crippen LogP contribution is -2.17. The number of H-pyrrole nitrogens is 1. The van der Waals surface area contributed by atoms with Gasteiger partial charge in [-0.25, -0.2) is 4.98 Å². The lowest BCUT2D eigenvalue weighted by molar-refractivity contribution is -0.115. The molecule has 0 unspecified atom stereocenters. The number of fused-ring (bicyclic) bond motifs is 1. The van der Waals surface area contributed by atoms with Crippen molar-refractivity contribution in [3.8, 4) is 22.8 Å². The number of carbonyl (C=O) groups excluding carboxylic acids is 2. The molecule has 2 aromatic heterocycles. The molecule has 4 rings (SSSR count). The monoisotopic (exact) mass is 384 g/mol. The van der Waals surface area contributed by atoms with E-state index in [9.17, 15) is 9.59 Å². The van der Waals surface area contributed by atoms with E-state index in [1.807, 2.05) is 12.1 Å². The van der Waals surface area contributed by atoms with Crippen molar-refractivity contribution in [1.82, 2.24) is 9.97 Å². The Kier molecular flexibility index (Phi) is 4.51. The number of aromatic nitrogens is 2. The number of ether oxygens (including phenoxy) is 2. The highest BCUT2D eigenvalue weighted by Gasteiger charge is 2.15. The molecule has 0 spiro atoms. The molecule has 27 heavy (non-hydrogen) atoms. The largest absolute Gasteiger partial charge is 0.486 e. The Hall–Kier alpha value is -3.33. The zero-order valence-corrected chi connectivity index (χ0v) is 15.0. The van der Waals surface area contributed by atoms with Gasteiger partial charge in [-0.1, -0.05) is 6.07 Å². The standard InChI is InChI=1S/C18H16N4O4S/c19-17(24)12-7-11(8-20-12)13-9-27-18(21-13)22-16(23)6-10-1-2-14-15(5-10)26-4-3-25-14/h1-2,5,7-9,20H,3-4,6H2,(H2,19,24)(H,21,22,23). The number of carbonyl (C=O) groups is 2. The average molecular weight is 384 g/mol. The van der Waals surface area contributed by atoms with Gasteiger partial charge in [0.25, 0.3) is 5.91 Å². The second kappa shape index (κ2) is 7.12. The summed E-state index contributed by atoms with van der Waals surface area (Å²) in [5.74, 6) is 0.626. The molecule has 2 amide bonds. The molecule has 1 aromatic carbocycles. The van der Waals surface area contributed by atoms with E-state index in [2.05, 4.69) is 15.3 Å². The molecule has 0 bridgehead atoms. The Morgan fingerprint density at radius 3 is 2.81 bits per heavy atom. The summed E-state index contributed by atoms with van der Waals surface area (Å²) in [6.07, 6.45) is 1.84. The fraction of sp³-hybridized carbons (Fsp3) is 0.167. The van der Waals surface area contributed by atoms with Crippen LogP contribution in [0.3, 0.4) is 0 Å².